The van der Waals surface area contributed by atoms with Gasteiger partial charge in [-0.2, -0.15) is 5.10 Å². The number of aromatic nitrogens is 2. The van der Waals surface area contributed by atoms with Crippen LogP contribution in [0.3, 0.4) is 0 Å². The zero-order valence-corrected chi connectivity index (χ0v) is 14.0. The summed E-state index contributed by atoms with van der Waals surface area (Å²) < 4.78 is 19.5. The van der Waals surface area contributed by atoms with Crippen molar-refractivity contribution >= 4 is 17.7 Å². The summed E-state index contributed by atoms with van der Waals surface area (Å²) in [4.78, 5) is 23.3. The molecule has 0 saturated heterocycles. The number of nitrogens with zero attached hydrogens (tertiary/aromatic N) is 2. The van der Waals surface area contributed by atoms with Crippen molar-refractivity contribution in [1.29, 1.82) is 0 Å². The third-order valence-electron chi connectivity index (χ3n) is 3.63. The van der Waals surface area contributed by atoms with E-state index in [-0.39, 0.29) is 0 Å². The zero-order chi connectivity index (χ0) is 18.5. The molecule has 7 heteroatoms. The molecule has 1 N–H and O–H groups in total. The summed E-state index contributed by atoms with van der Waals surface area (Å²) in [5.41, 5.74) is 1.88. The van der Waals surface area contributed by atoms with Crippen molar-refractivity contribution in [3.8, 4) is 16.9 Å². The number of hydrogen-bond acceptors (Lipinski definition) is 4. The second-order valence-corrected chi connectivity index (χ2v) is 5.47. The number of ether oxygens (including phenoxy) is 1. The van der Waals surface area contributed by atoms with Crippen LogP contribution in [0.2, 0.25) is 0 Å². The van der Waals surface area contributed by atoms with Gasteiger partial charge in [0.15, 0.2) is 0 Å². The van der Waals surface area contributed by atoms with E-state index in [9.17, 15) is 14.0 Å². The molecule has 0 radical (unpaired) electrons. The molecule has 0 aliphatic rings. The Balaban J connectivity index is 1.99. The third kappa shape index (κ3) is 3.94. The molecule has 132 valence electrons. The van der Waals surface area contributed by atoms with Crippen molar-refractivity contribution in [2.24, 2.45) is 0 Å². The molecule has 0 aliphatic carbocycles. The summed E-state index contributed by atoms with van der Waals surface area (Å²) in [6, 6.07) is 16.9. The highest BCUT2D eigenvalue weighted by molar-refractivity contribution is 6.01. The van der Waals surface area contributed by atoms with Crippen LogP contribution < -0.4 is 5.32 Å². The van der Waals surface area contributed by atoms with Gasteiger partial charge >= 0.3 is 5.97 Å². The third-order valence-corrected chi connectivity index (χ3v) is 3.63. The van der Waals surface area contributed by atoms with Gasteiger partial charge in [0.25, 0.3) is 0 Å². The van der Waals surface area contributed by atoms with Crippen LogP contribution in [0.15, 0.2) is 60.7 Å². The number of esters is 1. The molecule has 0 fully saturated rings. The van der Waals surface area contributed by atoms with Crippen LogP contribution in [0.1, 0.15) is 6.42 Å². The summed E-state index contributed by atoms with van der Waals surface area (Å²) in [5.74, 6) is -1.30. The number of carbonyl (C=O) groups is 2. The molecule has 0 aliphatic heterocycles. The van der Waals surface area contributed by atoms with Crippen molar-refractivity contribution in [1.82, 2.24) is 9.78 Å². The van der Waals surface area contributed by atoms with Crippen LogP contribution in [0.4, 0.5) is 10.2 Å². The van der Waals surface area contributed by atoms with Crippen molar-refractivity contribution in [3.05, 3.63) is 66.5 Å². The number of methoxy groups -OCH3 is 1. The summed E-state index contributed by atoms with van der Waals surface area (Å²) in [5, 5.41) is 7.09. The van der Waals surface area contributed by atoms with Crippen LogP contribution in [0, 0.1) is 5.82 Å². The van der Waals surface area contributed by atoms with Gasteiger partial charge in [0.05, 0.1) is 18.5 Å². The van der Waals surface area contributed by atoms with Crippen LogP contribution in [-0.2, 0) is 14.3 Å². The van der Waals surface area contributed by atoms with Gasteiger partial charge < -0.3 is 10.1 Å². The van der Waals surface area contributed by atoms with Crippen molar-refractivity contribution in [2.45, 2.75) is 6.42 Å². The monoisotopic (exact) mass is 353 g/mol. The molecule has 0 unspecified atom stereocenters. The Labute approximate surface area is 149 Å². The fourth-order valence-electron chi connectivity index (χ4n) is 2.42. The van der Waals surface area contributed by atoms with E-state index < -0.39 is 24.1 Å². The van der Waals surface area contributed by atoms with Crippen molar-refractivity contribution < 1.29 is 18.7 Å². The molecule has 1 aromatic heterocycles. The highest BCUT2D eigenvalue weighted by Crippen LogP contribution is 2.25. The first-order valence-electron chi connectivity index (χ1n) is 7.85. The smallest absolute Gasteiger partial charge is 0.315 e. The molecule has 1 heterocycles. The Kier molecular flexibility index (Phi) is 5.07. The van der Waals surface area contributed by atoms with Crippen LogP contribution in [0.5, 0.6) is 0 Å². The lowest BCUT2D eigenvalue weighted by Crippen LogP contribution is -2.19. The Hall–Kier alpha value is -3.48. The molecule has 2 aromatic carbocycles. The van der Waals surface area contributed by atoms with E-state index in [1.54, 1.807) is 18.2 Å². The fraction of sp³-hybridized carbons (Fsp3) is 0.105. The molecule has 26 heavy (non-hydrogen) atoms. The van der Waals surface area contributed by atoms with Gasteiger partial charge in [-0.25, -0.2) is 9.07 Å². The molecule has 0 atom stereocenters. The summed E-state index contributed by atoms with van der Waals surface area (Å²) in [7, 11) is 1.21. The number of benzene rings is 2. The largest absolute Gasteiger partial charge is 0.469 e. The number of rotatable bonds is 5. The Morgan fingerprint density at radius 2 is 1.88 bits per heavy atom. The Bertz CT molecular complexity index is 938. The Morgan fingerprint density at radius 3 is 2.58 bits per heavy atom. The first-order valence-corrected chi connectivity index (χ1v) is 7.85. The quantitative estimate of drug-likeness (QED) is 0.565. The average Bonchev–Trinajstić information content (AvgIpc) is 3.06. The SMILES string of the molecule is COC(=O)CC(=O)Nc1cc(-c2ccccc2)nn1-c1cccc(F)c1. The summed E-state index contributed by atoms with van der Waals surface area (Å²) in [6.45, 7) is 0. The predicted molar refractivity (Wildman–Crippen MR) is 94.2 cm³/mol. The van der Waals surface area contributed by atoms with Gasteiger partial charge in [0, 0.05) is 11.6 Å². The van der Waals surface area contributed by atoms with Crippen LogP contribution in [-0.4, -0.2) is 28.8 Å². The predicted octanol–water partition coefficient (Wildman–Crippen LogP) is 3.18. The molecule has 0 spiro atoms. The lowest BCUT2D eigenvalue weighted by molar-refractivity contribution is -0.142. The number of amides is 1. The molecule has 0 bridgehead atoms. The van der Waals surface area contributed by atoms with E-state index in [2.05, 4.69) is 15.2 Å². The molecular formula is C19H16FN3O3. The minimum absolute atomic E-state index is 0.323. The lowest BCUT2D eigenvalue weighted by Gasteiger charge is -2.08. The first kappa shape index (κ1) is 17.3. The maximum absolute atomic E-state index is 13.6. The normalized spacial score (nSPS) is 10.4. The molecule has 1 amide bonds. The van der Waals surface area contributed by atoms with Crippen LogP contribution >= 0.6 is 0 Å². The van der Waals surface area contributed by atoms with E-state index >= 15 is 0 Å². The summed E-state index contributed by atoms with van der Waals surface area (Å²) in [6.07, 6.45) is -0.425. The number of nitrogens with one attached hydrogen (secondary N) is 1. The molecule has 3 aromatic rings. The van der Waals surface area contributed by atoms with Gasteiger partial charge in [-0.3, -0.25) is 9.59 Å². The number of anilines is 1. The average molecular weight is 353 g/mol. The second kappa shape index (κ2) is 7.60. The van der Waals surface area contributed by atoms with Gasteiger partial charge in [-0.15, -0.1) is 0 Å². The maximum Gasteiger partial charge on any atom is 0.315 e. The van der Waals surface area contributed by atoms with Crippen molar-refractivity contribution in [3.63, 3.8) is 0 Å². The van der Waals surface area contributed by atoms with E-state index in [0.717, 1.165) is 5.56 Å². The summed E-state index contributed by atoms with van der Waals surface area (Å²) >= 11 is 0. The Morgan fingerprint density at radius 1 is 1.12 bits per heavy atom. The fourth-order valence-corrected chi connectivity index (χ4v) is 2.42. The maximum atomic E-state index is 13.6. The van der Waals surface area contributed by atoms with Gasteiger partial charge in [0.1, 0.15) is 18.1 Å². The van der Waals surface area contributed by atoms with Gasteiger partial charge in [0.2, 0.25) is 5.91 Å². The number of carbonyl (C=O) groups excluding carboxylic acids is 2. The van der Waals surface area contributed by atoms with E-state index in [4.69, 9.17) is 0 Å². The zero-order valence-electron chi connectivity index (χ0n) is 14.0. The second-order valence-electron chi connectivity index (χ2n) is 5.47. The molecular weight excluding hydrogens is 337 g/mol. The first-order chi connectivity index (χ1) is 12.6. The molecule has 0 saturated carbocycles. The number of hydrogen-bond donors (Lipinski definition) is 1. The lowest BCUT2D eigenvalue weighted by atomic mass is 10.1. The van der Waals surface area contributed by atoms with Gasteiger partial charge in [-0.05, 0) is 18.2 Å². The van der Waals surface area contributed by atoms with Gasteiger partial charge in [-0.1, -0.05) is 36.4 Å². The highest BCUT2D eigenvalue weighted by atomic mass is 19.1. The minimum atomic E-state index is -0.650. The van der Waals surface area contributed by atoms with Crippen LogP contribution in [0.25, 0.3) is 16.9 Å². The van der Waals surface area contributed by atoms with Crippen molar-refractivity contribution in [2.75, 3.05) is 12.4 Å². The standard InChI is InChI=1S/C19H16FN3O3/c1-26-19(25)12-18(24)21-17-11-16(13-6-3-2-4-7-13)22-23(17)15-9-5-8-14(20)10-15/h2-11H,12H2,1H3,(H,21,24). The van der Waals surface area contributed by atoms with E-state index in [0.29, 0.717) is 17.2 Å². The van der Waals surface area contributed by atoms with E-state index in [1.165, 1.54) is 23.9 Å². The molecule has 3 rings (SSSR count). The number of halogens is 1. The molecule has 6 nitrogen and oxygen atoms in total. The minimum Gasteiger partial charge on any atom is -0.469 e. The highest BCUT2D eigenvalue weighted by Gasteiger charge is 2.16. The topological polar surface area (TPSA) is 73.2 Å². The van der Waals surface area contributed by atoms with E-state index in [1.807, 2.05) is 30.3 Å².